The number of non-ortho nitro benzene ring substituents is 1. The van der Waals surface area contributed by atoms with Crippen molar-refractivity contribution in [3.63, 3.8) is 0 Å². The number of hydrazine groups is 1. The summed E-state index contributed by atoms with van der Waals surface area (Å²) in [7, 11) is 0. The van der Waals surface area contributed by atoms with Gasteiger partial charge in [0, 0.05) is 37.2 Å². The normalized spacial score (nSPS) is 14.9. The molecule has 0 bridgehead atoms. The van der Waals surface area contributed by atoms with E-state index in [1.807, 2.05) is 0 Å². The fourth-order valence-corrected chi connectivity index (χ4v) is 5.48. The van der Waals surface area contributed by atoms with E-state index in [-0.39, 0.29) is 37.4 Å². The van der Waals surface area contributed by atoms with Crippen molar-refractivity contribution in [3.05, 3.63) is 106 Å². The van der Waals surface area contributed by atoms with Crippen LogP contribution >= 0.6 is 0 Å². The summed E-state index contributed by atoms with van der Waals surface area (Å²) in [5, 5.41) is 29.9. The molecule has 1 saturated heterocycles. The largest absolute Gasteiger partial charge is 0.481 e. The third-order valence-corrected chi connectivity index (χ3v) is 8.19. The number of hydrogen-bond acceptors (Lipinski definition) is 9. The van der Waals surface area contributed by atoms with Gasteiger partial charge in [-0.1, -0.05) is 74.5 Å². The van der Waals surface area contributed by atoms with Crippen molar-refractivity contribution in [2.75, 3.05) is 11.9 Å². The van der Waals surface area contributed by atoms with Gasteiger partial charge in [0.05, 0.1) is 11.3 Å². The molecule has 0 saturated carbocycles. The predicted octanol–water partition coefficient (Wildman–Crippen LogP) is 3.42. The van der Waals surface area contributed by atoms with Crippen LogP contribution in [0.25, 0.3) is 0 Å². The highest BCUT2D eigenvalue weighted by molar-refractivity contribution is 5.99. The van der Waals surface area contributed by atoms with Crippen molar-refractivity contribution in [1.82, 2.24) is 20.7 Å². The van der Waals surface area contributed by atoms with Gasteiger partial charge in [-0.05, 0) is 35.6 Å². The first-order valence-corrected chi connectivity index (χ1v) is 16.6. The Balaban J connectivity index is 1.61. The Hall–Kier alpha value is -6.32. The van der Waals surface area contributed by atoms with Crippen LogP contribution in [-0.2, 0) is 41.7 Å². The lowest BCUT2D eigenvalue weighted by molar-refractivity contribution is -0.384. The number of rotatable bonds is 15. The molecule has 0 aromatic heterocycles. The number of nitro benzene ring substituents is 1. The Kier molecular flexibility index (Phi) is 13.4. The summed E-state index contributed by atoms with van der Waals surface area (Å²) in [6, 6.07) is 19.0. The summed E-state index contributed by atoms with van der Waals surface area (Å²) in [4.78, 5) is 89.6. The lowest BCUT2D eigenvalue weighted by Gasteiger charge is -2.35. The zero-order valence-electron chi connectivity index (χ0n) is 28.6. The molecule has 4 N–H and O–H groups in total. The molecule has 0 unspecified atom stereocenters. The molecule has 1 fully saturated rings. The van der Waals surface area contributed by atoms with Crippen molar-refractivity contribution in [2.45, 2.75) is 64.3 Å². The Labute approximate surface area is 299 Å². The van der Waals surface area contributed by atoms with Crippen molar-refractivity contribution in [2.24, 2.45) is 5.92 Å². The topological polar surface area (TPSA) is 218 Å². The molecule has 0 radical (unpaired) electrons. The fraction of sp³-hybridized carbons (Fsp3) is 0.333. The summed E-state index contributed by atoms with van der Waals surface area (Å²) in [6.07, 6.45) is -1.81. The van der Waals surface area contributed by atoms with Gasteiger partial charge in [-0.3, -0.25) is 34.1 Å². The van der Waals surface area contributed by atoms with Crippen LogP contribution in [0.3, 0.4) is 0 Å². The molecule has 4 rings (SSSR count). The molecule has 3 aromatic carbocycles. The van der Waals surface area contributed by atoms with Gasteiger partial charge in [0.25, 0.3) is 11.6 Å². The molecule has 3 aromatic rings. The van der Waals surface area contributed by atoms with Gasteiger partial charge < -0.3 is 25.8 Å². The SMILES string of the molecule is CC(C)[C@H](NC(=O)CCC(=O)O)C(=O)N1[C@H](C(=O)N[C@@H](Cc2ccccc2)C(=O)Nc2ccc([N+](=O)[O-])cc2)CCN1C(=O)OCc1ccccc1. The van der Waals surface area contributed by atoms with Crippen molar-refractivity contribution in [3.8, 4) is 0 Å². The van der Waals surface area contributed by atoms with E-state index in [1.54, 1.807) is 74.5 Å². The molecule has 0 aliphatic carbocycles. The van der Waals surface area contributed by atoms with Crippen LogP contribution in [0.15, 0.2) is 84.9 Å². The molecule has 1 aliphatic rings. The Morgan fingerprint density at radius 2 is 1.50 bits per heavy atom. The van der Waals surface area contributed by atoms with Gasteiger partial charge in [0.1, 0.15) is 24.7 Å². The van der Waals surface area contributed by atoms with E-state index in [0.717, 1.165) is 10.0 Å². The Morgan fingerprint density at radius 3 is 2.08 bits per heavy atom. The van der Waals surface area contributed by atoms with Crippen molar-refractivity contribution >= 4 is 47.1 Å². The minimum atomic E-state index is -1.32. The van der Waals surface area contributed by atoms with Gasteiger partial charge in [-0.25, -0.2) is 14.8 Å². The molecule has 3 atom stereocenters. The number of anilines is 1. The molecule has 1 aliphatic heterocycles. The van der Waals surface area contributed by atoms with Gasteiger partial charge >= 0.3 is 12.1 Å². The number of carbonyl (C=O) groups excluding carboxylic acids is 5. The van der Waals surface area contributed by atoms with E-state index in [9.17, 15) is 38.9 Å². The molecular weight excluding hydrogens is 676 g/mol. The smallest absolute Gasteiger partial charge is 0.429 e. The van der Waals surface area contributed by atoms with E-state index in [1.165, 1.54) is 24.3 Å². The first-order valence-electron chi connectivity index (χ1n) is 16.6. The average molecular weight is 717 g/mol. The fourth-order valence-electron chi connectivity index (χ4n) is 5.48. The Bertz CT molecular complexity index is 1750. The summed E-state index contributed by atoms with van der Waals surface area (Å²) >= 11 is 0. The highest BCUT2D eigenvalue weighted by Crippen LogP contribution is 2.24. The van der Waals surface area contributed by atoms with E-state index >= 15 is 0 Å². The standard InChI is InChI=1S/C36H40N6O10/c1-23(2)32(39-30(43)17-18-31(44)45)35(48)41-29(19-20-40(41)36(49)52-22-25-11-7-4-8-12-25)34(47)38-28(21-24-9-5-3-6-10-24)33(46)37-26-13-15-27(16-14-26)42(50)51/h3-16,23,28-29,32H,17-22H2,1-2H3,(H,37,46)(H,38,47)(H,39,43)(H,44,45)/t28-,29-,32-/m0/s1. The van der Waals surface area contributed by atoms with Gasteiger partial charge in [-0.15, -0.1) is 0 Å². The number of hydrogen-bond donors (Lipinski definition) is 4. The maximum absolute atomic E-state index is 14.2. The highest BCUT2D eigenvalue weighted by atomic mass is 16.6. The highest BCUT2D eigenvalue weighted by Gasteiger charge is 2.46. The molecule has 52 heavy (non-hydrogen) atoms. The summed E-state index contributed by atoms with van der Waals surface area (Å²) in [5.41, 5.74) is 1.44. The van der Waals surface area contributed by atoms with Crippen LogP contribution in [0.4, 0.5) is 16.2 Å². The van der Waals surface area contributed by atoms with Crippen LogP contribution < -0.4 is 16.0 Å². The number of nitrogens with zero attached hydrogens (tertiary/aromatic N) is 3. The number of carboxylic acids is 1. The number of ether oxygens (including phenoxy) is 1. The average Bonchev–Trinajstić information content (AvgIpc) is 3.58. The first kappa shape index (κ1) is 38.5. The molecule has 1 heterocycles. The predicted molar refractivity (Wildman–Crippen MR) is 186 cm³/mol. The third-order valence-electron chi connectivity index (χ3n) is 8.19. The quantitative estimate of drug-likeness (QED) is 0.133. The van der Waals surface area contributed by atoms with Gasteiger partial charge in [0.2, 0.25) is 17.7 Å². The maximum atomic E-state index is 14.2. The van der Waals surface area contributed by atoms with E-state index in [4.69, 9.17) is 9.84 Å². The van der Waals surface area contributed by atoms with Crippen LogP contribution in [0.1, 0.15) is 44.2 Å². The second kappa shape index (κ2) is 18.1. The van der Waals surface area contributed by atoms with Gasteiger partial charge in [0.15, 0.2) is 0 Å². The minimum absolute atomic E-state index is 0.0309. The first-order chi connectivity index (χ1) is 24.8. The van der Waals surface area contributed by atoms with Crippen LogP contribution in [0.2, 0.25) is 0 Å². The molecular formula is C36H40N6O10. The second-order valence-corrected chi connectivity index (χ2v) is 12.4. The number of amides is 5. The number of carboxylic acid groups (broad SMARTS) is 1. The zero-order valence-corrected chi connectivity index (χ0v) is 28.6. The zero-order chi connectivity index (χ0) is 37.8. The molecule has 16 heteroatoms. The number of carbonyl (C=O) groups is 6. The molecule has 5 amide bonds. The lowest BCUT2D eigenvalue weighted by atomic mass is 10.0. The third kappa shape index (κ3) is 10.6. The number of aliphatic carboxylic acids is 1. The molecule has 0 spiro atoms. The monoisotopic (exact) mass is 716 g/mol. The molecule has 274 valence electrons. The second-order valence-electron chi connectivity index (χ2n) is 12.4. The van der Waals surface area contributed by atoms with Crippen molar-refractivity contribution < 1.29 is 43.5 Å². The van der Waals surface area contributed by atoms with E-state index < -0.39 is 77.5 Å². The summed E-state index contributed by atoms with van der Waals surface area (Å²) in [5.74, 6) is -4.69. The lowest BCUT2D eigenvalue weighted by Crippen LogP contribution is -2.61. The number of nitrogens with one attached hydrogen (secondary N) is 3. The van der Waals surface area contributed by atoms with Crippen LogP contribution in [-0.4, -0.2) is 80.4 Å². The van der Waals surface area contributed by atoms with E-state index in [0.29, 0.717) is 11.1 Å². The van der Waals surface area contributed by atoms with Crippen molar-refractivity contribution in [1.29, 1.82) is 0 Å². The molecule has 16 nitrogen and oxygen atoms in total. The Morgan fingerprint density at radius 1 is 0.885 bits per heavy atom. The van der Waals surface area contributed by atoms with Crippen LogP contribution in [0, 0.1) is 16.0 Å². The number of nitro groups is 1. The minimum Gasteiger partial charge on any atom is -0.481 e. The maximum Gasteiger partial charge on any atom is 0.429 e. The van der Waals surface area contributed by atoms with Crippen LogP contribution in [0.5, 0.6) is 0 Å². The number of benzene rings is 3. The van der Waals surface area contributed by atoms with E-state index in [2.05, 4.69) is 16.0 Å². The summed E-state index contributed by atoms with van der Waals surface area (Å²) in [6.45, 7) is 3.04. The van der Waals surface area contributed by atoms with Gasteiger partial charge in [-0.2, -0.15) is 0 Å². The summed E-state index contributed by atoms with van der Waals surface area (Å²) < 4.78 is 5.50.